The molecule has 0 amide bonds. The minimum absolute atomic E-state index is 0. The molecular weight excluding hydrogens is 291 g/mol. The molecule has 2 rings (SSSR count). The maximum atomic E-state index is 6.30. The molecule has 2 nitrogen and oxygen atoms in total. The summed E-state index contributed by atoms with van der Waals surface area (Å²) >= 11 is 6.30. The Kier molecular flexibility index (Phi) is 8.24. The molecule has 1 saturated heterocycles. The minimum Gasteiger partial charge on any atom is -0.314 e. The van der Waals surface area contributed by atoms with Crippen LogP contribution in [0.15, 0.2) is 18.2 Å². The van der Waals surface area contributed by atoms with Crippen LogP contribution in [0.2, 0.25) is 5.02 Å². The lowest BCUT2D eigenvalue weighted by molar-refractivity contribution is 0.185. The van der Waals surface area contributed by atoms with E-state index in [4.69, 9.17) is 11.6 Å². The van der Waals surface area contributed by atoms with Gasteiger partial charge in [0.2, 0.25) is 0 Å². The third-order valence-electron chi connectivity index (χ3n) is 3.39. The van der Waals surface area contributed by atoms with Crippen LogP contribution < -0.4 is 5.32 Å². The lowest BCUT2D eigenvalue weighted by Gasteiger charge is -2.34. The Balaban J connectivity index is 0.00000144. The van der Waals surface area contributed by atoms with Gasteiger partial charge in [-0.25, -0.2) is 0 Å². The van der Waals surface area contributed by atoms with Crippen molar-refractivity contribution in [3.05, 3.63) is 34.3 Å². The molecule has 1 aliphatic rings. The number of piperazine rings is 1. The summed E-state index contributed by atoms with van der Waals surface area (Å²) in [5, 5.41) is 4.27. The van der Waals surface area contributed by atoms with Crippen molar-refractivity contribution >= 4 is 36.4 Å². The van der Waals surface area contributed by atoms with Gasteiger partial charge in [0.1, 0.15) is 0 Å². The maximum Gasteiger partial charge on any atom is 0.0456 e. The number of benzene rings is 1. The summed E-state index contributed by atoms with van der Waals surface area (Å²) in [6, 6.07) is 6.56. The van der Waals surface area contributed by atoms with Gasteiger partial charge in [0.05, 0.1) is 0 Å². The Morgan fingerprint density at radius 2 is 1.83 bits per heavy atom. The first-order chi connectivity index (χ1) is 7.70. The zero-order valence-corrected chi connectivity index (χ0v) is 13.2. The second-order valence-corrected chi connectivity index (χ2v) is 4.84. The van der Waals surface area contributed by atoms with E-state index in [1.54, 1.807) is 0 Å². The van der Waals surface area contributed by atoms with Gasteiger partial charge in [-0.05, 0) is 31.0 Å². The molecule has 1 aromatic carbocycles. The van der Waals surface area contributed by atoms with E-state index in [0.29, 0.717) is 6.04 Å². The summed E-state index contributed by atoms with van der Waals surface area (Å²) in [7, 11) is 0. The fourth-order valence-electron chi connectivity index (χ4n) is 2.43. The van der Waals surface area contributed by atoms with E-state index in [1.807, 2.05) is 12.1 Å². The van der Waals surface area contributed by atoms with Gasteiger partial charge >= 0.3 is 0 Å². The van der Waals surface area contributed by atoms with Crippen molar-refractivity contribution in [3.8, 4) is 0 Å². The van der Waals surface area contributed by atoms with E-state index in [9.17, 15) is 0 Å². The van der Waals surface area contributed by atoms with Crippen molar-refractivity contribution in [2.45, 2.75) is 19.9 Å². The molecule has 1 fully saturated rings. The smallest absolute Gasteiger partial charge is 0.0456 e. The number of hydrogen-bond acceptors (Lipinski definition) is 2. The van der Waals surface area contributed by atoms with E-state index in [0.717, 1.165) is 31.2 Å². The molecule has 0 saturated carbocycles. The Hall–Kier alpha value is 0.01000. The maximum absolute atomic E-state index is 6.30. The van der Waals surface area contributed by atoms with Gasteiger partial charge in [-0.15, -0.1) is 24.8 Å². The average Bonchev–Trinajstić information content (AvgIpc) is 2.30. The molecule has 0 radical (unpaired) electrons. The zero-order valence-electron chi connectivity index (χ0n) is 10.8. The standard InChI is InChI=1S/C13H19ClN2.2ClH/c1-10-4-3-5-12(14)13(10)11(2)16-8-6-15-7-9-16;;/h3-5,11,15H,6-9H2,1-2H3;2*1H/t11-;;/m1../s1. The number of nitrogens with one attached hydrogen (secondary N) is 1. The van der Waals surface area contributed by atoms with Crippen LogP contribution in [0, 0.1) is 6.92 Å². The number of nitrogens with zero attached hydrogens (tertiary/aromatic N) is 1. The first-order valence-electron chi connectivity index (χ1n) is 5.90. The summed E-state index contributed by atoms with van der Waals surface area (Å²) in [6.07, 6.45) is 0. The molecule has 5 heteroatoms. The molecule has 104 valence electrons. The van der Waals surface area contributed by atoms with E-state index in [-0.39, 0.29) is 24.8 Å². The van der Waals surface area contributed by atoms with Crippen LogP contribution in [-0.2, 0) is 0 Å². The third kappa shape index (κ3) is 4.01. The van der Waals surface area contributed by atoms with E-state index < -0.39 is 0 Å². The predicted octanol–water partition coefficient (Wildman–Crippen LogP) is 3.46. The molecule has 0 aromatic heterocycles. The van der Waals surface area contributed by atoms with Crippen LogP contribution in [0.25, 0.3) is 0 Å². The van der Waals surface area contributed by atoms with Gasteiger partial charge in [0.25, 0.3) is 0 Å². The first kappa shape index (κ1) is 18.0. The van der Waals surface area contributed by atoms with Crippen molar-refractivity contribution < 1.29 is 0 Å². The molecule has 1 heterocycles. The second kappa shape index (κ2) is 8.23. The molecule has 1 aliphatic heterocycles. The number of rotatable bonds is 2. The highest BCUT2D eigenvalue weighted by Crippen LogP contribution is 2.30. The van der Waals surface area contributed by atoms with Crippen LogP contribution in [0.3, 0.4) is 0 Å². The summed E-state index contributed by atoms with van der Waals surface area (Å²) < 4.78 is 0. The number of halogens is 3. The normalized spacial score (nSPS) is 17.5. The van der Waals surface area contributed by atoms with Crippen LogP contribution >= 0.6 is 36.4 Å². The fraction of sp³-hybridized carbons (Fsp3) is 0.538. The van der Waals surface area contributed by atoms with Crippen LogP contribution in [0.4, 0.5) is 0 Å². The average molecular weight is 312 g/mol. The Morgan fingerprint density at radius 3 is 2.39 bits per heavy atom. The zero-order chi connectivity index (χ0) is 11.5. The number of hydrogen-bond donors (Lipinski definition) is 1. The second-order valence-electron chi connectivity index (χ2n) is 4.43. The number of aryl methyl sites for hydroxylation is 1. The Bertz CT molecular complexity index is 345. The van der Waals surface area contributed by atoms with E-state index in [1.165, 1.54) is 11.1 Å². The quantitative estimate of drug-likeness (QED) is 0.900. The van der Waals surface area contributed by atoms with Crippen LogP contribution in [-0.4, -0.2) is 31.1 Å². The lowest BCUT2D eigenvalue weighted by atomic mass is 10.0. The molecule has 0 spiro atoms. The van der Waals surface area contributed by atoms with Gasteiger partial charge in [0.15, 0.2) is 0 Å². The van der Waals surface area contributed by atoms with Gasteiger partial charge in [-0.3, -0.25) is 4.90 Å². The molecule has 1 atom stereocenters. The van der Waals surface area contributed by atoms with Crippen molar-refractivity contribution in [2.24, 2.45) is 0 Å². The van der Waals surface area contributed by atoms with E-state index in [2.05, 4.69) is 30.1 Å². The summed E-state index contributed by atoms with van der Waals surface area (Å²) in [4.78, 5) is 2.49. The highest BCUT2D eigenvalue weighted by atomic mass is 35.5. The summed E-state index contributed by atoms with van der Waals surface area (Å²) in [5.74, 6) is 0. The Morgan fingerprint density at radius 1 is 1.22 bits per heavy atom. The Labute approximate surface area is 127 Å². The topological polar surface area (TPSA) is 15.3 Å². The van der Waals surface area contributed by atoms with E-state index >= 15 is 0 Å². The van der Waals surface area contributed by atoms with Crippen LogP contribution in [0.5, 0.6) is 0 Å². The van der Waals surface area contributed by atoms with Gasteiger partial charge < -0.3 is 5.32 Å². The van der Waals surface area contributed by atoms with Crippen molar-refractivity contribution in [2.75, 3.05) is 26.2 Å². The van der Waals surface area contributed by atoms with Crippen molar-refractivity contribution in [1.82, 2.24) is 10.2 Å². The molecule has 0 aliphatic carbocycles. The predicted molar refractivity (Wildman–Crippen MR) is 83.5 cm³/mol. The monoisotopic (exact) mass is 310 g/mol. The highest BCUT2D eigenvalue weighted by Gasteiger charge is 2.20. The molecule has 1 N–H and O–H groups in total. The molecule has 18 heavy (non-hydrogen) atoms. The van der Waals surface area contributed by atoms with Gasteiger partial charge in [-0.2, -0.15) is 0 Å². The minimum atomic E-state index is 0. The van der Waals surface area contributed by atoms with Gasteiger partial charge in [-0.1, -0.05) is 23.7 Å². The largest absolute Gasteiger partial charge is 0.314 e. The van der Waals surface area contributed by atoms with Crippen molar-refractivity contribution in [1.29, 1.82) is 0 Å². The van der Waals surface area contributed by atoms with Crippen molar-refractivity contribution in [3.63, 3.8) is 0 Å². The van der Waals surface area contributed by atoms with Crippen LogP contribution in [0.1, 0.15) is 24.1 Å². The third-order valence-corrected chi connectivity index (χ3v) is 3.72. The molecule has 0 bridgehead atoms. The van der Waals surface area contributed by atoms with Gasteiger partial charge in [0, 0.05) is 37.2 Å². The summed E-state index contributed by atoms with van der Waals surface area (Å²) in [6.45, 7) is 8.75. The summed E-state index contributed by atoms with van der Waals surface area (Å²) in [5.41, 5.74) is 2.57. The first-order valence-corrected chi connectivity index (χ1v) is 6.27. The molecule has 1 aromatic rings. The lowest BCUT2D eigenvalue weighted by Crippen LogP contribution is -2.44. The molecular formula is C13H21Cl3N2. The molecule has 0 unspecified atom stereocenters. The SMILES string of the molecule is Cc1cccc(Cl)c1[C@@H](C)N1CCNCC1.Cl.Cl. The highest BCUT2D eigenvalue weighted by molar-refractivity contribution is 6.31. The fourth-order valence-corrected chi connectivity index (χ4v) is 2.81.